The molecule has 0 amide bonds. The molecule has 2 N–H and O–H groups in total. The van der Waals surface area contributed by atoms with Crippen molar-refractivity contribution >= 4 is 11.6 Å². The molecule has 0 saturated carbocycles. The van der Waals surface area contributed by atoms with Crippen molar-refractivity contribution in [2.75, 3.05) is 24.8 Å². The van der Waals surface area contributed by atoms with Gasteiger partial charge in [-0.25, -0.2) is 14.4 Å². The Morgan fingerprint density at radius 3 is 2.62 bits per heavy atom. The monoisotopic (exact) mass is 290 g/mol. The quantitative estimate of drug-likeness (QED) is 0.856. The molecule has 5 nitrogen and oxygen atoms in total. The maximum absolute atomic E-state index is 13.8. The van der Waals surface area contributed by atoms with Gasteiger partial charge < -0.3 is 15.4 Å². The number of hydrogen-bond donors (Lipinski definition) is 2. The molecule has 1 atom stereocenters. The van der Waals surface area contributed by atoms with Gasteiger partial charge in [0.1, 0.15) is 24.1 Å². The van der Waals surface area contributed by atoms with Crippen LogP contribution in [0.4, 0.5) is 16.0 Å². The summed E-state index contributed by atoms with van der Waals surface area (Å²) in [6.45, 7) is 2.20. The van der Waals surface area contributed by atoms with Crippen LogP contribution in [0.15, 0.2) is 30.3 Å². The van der Waals surface area contributed by atoms with Gasteiger partial charge >= 0.3 is 0 Å². The molecule has 0 spiro atoms. The van der Waals surface area contributed by atoms with Crippen molar-refractivity contribution in [3.63, 3.8) is 0 Å². The Bertz CT molecular complexity index is 606. The molecule has 0 saturated heterocycles. The predicted molar refractivity (Wildman–Crippen MR) is 80.7 cm³/mol. The van der Waals surface area contributed by atoms with Crippen molar-refractivity contribution in [1.29, 1.82) is 0 Å². The van der Waals surface area contributed by atoms with Crippen molar-refractivity contribution < 1.29 is 9.13 Å². The number of rotatable bonds is 6. The van der Waals surface area contributed by atoms with Gasteiger partial charge in [0.05, 0.1) is 6.04 Å². The molecule has 0 bridgehead atoms. The third kappa shape index (κ3) is 3.88. The fourth-order valence-electron chi connectivity index (χ4n) is 2.02. The molecule has 2 rings (SSSR count). The first-order chi connectivity index (χ1) is 10.1. The van der Waals surface area contributed by atoms with Crippen LogP contribution in [-0.2, 0) is 11.3 Å². The van der Waals surface area contributed by atoms with Crippen molar-refractivity contribution in [2.45, 2.75) is 19.6 Å². The average molecular weight is 290 g/mol. The first kappa shape index (κ1) is 15.2. The average Bonchev–Trinajstić information content (AvgIpc) is 2.47. The Balaban J connectivity index is 2.22. The van der Waals surface area contributed by atoms with Crippen LogP contribution in [0.1, 0.15) is 24.4 Å². The van der Waals surface area contributed by atoms with Crippen LogP contribution in [0.3, 0.4) is 0 Å². The second-order valence-corrected chi connectivity index (χ2v) is 4.63. The molecular formula is C15H19FN4O. The number of methoxy groups -OCH3 is 1. The van der Waals surface area contributed by atoms with Gasteiger partial charge in [-0.05, 0) is 13.0 Å². The molecule has 1 unspecified atom stereocenters. The van der Waals surface area contributed by atoms with Crippen molar-refractivity contribution in [1.82, 2.24) is 9.97 Å². The Labute approximate surface area is 123 Å². The number of benzene rings is 1. The lowest BCUT2D eigenvalue weighted by Gasteiger charge is -2.16. The predicted octanol–water partition coefficient (Wildman–Crippen LogP) is 2.98. The van der Waals surface area contributed by atoms with E-state index < -0.39 is 0 Å². The summed E-state index contributed by atoms with van der Waals surface area (Å²) < 4.78 is 18.8. The van der Waals surface area contributed by atoms with E-state index in [0.717, 1.165) is 0 Å². The molecule has 0 aliphatic heterocycles. The van der Waals surface area contributed by atoms with E-state index >= 15 is 0 Å². The maximum Gasteiger partial charge on any atom is 0.158 e. The summed E-state index contributed by atoms with van der Waals surface area (Å²) in [6.07, 6.45) is 0. The standard InChI is InChI=1S/C15H19FN4O/c1-10(11-6-4-5-7-12(11)16)18-14-8-13(17-2)19-15(20-14)9-21-3/h4-8,10H,9H2,1-3H3,(H2,17,18,19,20). The van der Waals surface area contributed by atoms with Crippen LogP contribution in [0.25, 0.3) is 0 Å². The zero-order valence-electron chi connectivity index (χ0n) is 12.4. The summed E-state index contributed by atoms with van der Waals surface area (Å²) in [5.74, 6) is 1.63. The van der Waals surface area contributed by atoms with E-state index in [0.29, 0.717) is 29.6 Å². The lowest BCUT2D eigenvalue weighted by Crippen LogP contribution is -2.12. The van der Waals surface area contributed by atoms with Crippen LogP contribution in [0.5, 0.6) is 0 Å². The van der Waals surface area contributed by atoms with Gasteiger partial charge in [0.25, 0.3) is 0 Å². The van der Waals surface area contributed by atoms with E-state index in [2.05, 4.69) is 20.6 Å². The number of anilines is 2. The van der Waals surface area contributed by atoms with Crippen molar-refractivity contribution in [3.05, 3.63) is 47.5 Å². The minimum atomic E-state index is -0.238. The van der Waals surface area contributed by atoms with Crippen molar-refractivity contribution in [3.8, 4) is 0 Å². The molecular weight excluding hydrogens is 271 g/mol. The first-order valence-corrected chi connectivity index (χ1v) is 6.69. The second kappa shape index (κ2) is 6.99. The van der Waals surface area contributed by atoms with Gasteiger partial charge in [-0.3, -0.25) is 0 Å². The SMILES string of the molecule is CNc1cc(NC(C)c2ccccc2F)nc(COC)n1. The highest BCUT2D eigenvalue weighted by Crippen LogP contribution is 2.21. The number of ether oxygens (including phenoxy) is 1. The number of nitrogens with zero attached hydrogens (tertiary/aromatic N) is 2. The van der Waals surface area contributed by atoms with E-state index in [1.54, 1.807) is 32.4 Å². The van der Waals surface area contributed by atoms with E-state index in [1.165, 1.54) is 6.07 Å². The molecule has 112 valence electrons. The summed E-state index contributed by atoms with van der Waals surface area (Å²) >= 11 is 0. The molecule has 21 heavy (non-hydrogen) atoms. The Kier molecular flexibility index (Phi) is 5.05. The number of halogens is 1. The minimum Gasteiger partial charge on any atom is -0.377 e. The highest BCUT2D eigenvalue weighted by atomic mass is 19.1. The maximum atomic E-state index is 13.8. The smallest absolute Gasteiger partial charge is 0.158 e. The van der Waals surface area contributed by atoms with E-state index in [-0.39, 0.29) is 11.9 Å². The van der Waals surface area contributed by atoms with Crippen LogP contribution in [0, 0.1) is 5.82 Å². The number of hydrogen-bond acceptors (Lipinski definition) is 5. The van der Waals surface area contributed by atoms with E-state index in [9.17, 15) is 4.39 Å². The molecule has 0 radical (unpaired) electrons. The molecule has 0 aliphatic carbocycles. The summed E-state index contributed by atoms with van der Waals surface area (Å²) in [7, 11) is 3.37. The lowest BCUT2D eigenvalue weighted by molar-refractivity contribution is 0.178. The molecule has 0 aliphatic rings. The highest BCUT2D eigenvalue weighted by molar-refractivity contribution is 5.48. The minimum absolute atomic E-state index is 0.207. The molecule has 6 heteroatoms. The van der Waals surface area contributed by atoms with Crippen LogP contribution in [-0.4, -0.2) is 24.1 Å². The second-order valence-electron chi connectivity index (χ2n) is 4.63. The van der Waals surface area contributed by atoms with Gasteiger partial charge in [-0.1, -0.05) is 18.2 Å². The number of aromatic nitrogens is 2. The van der Waals surface area contributed by atoms with Gasteiger partial charge in [-0.2, -0.15) is 0 Å². The summed E-state index contributed by atoms with van der Waals surface area (Å²) in [5.41, 5.74) is 0.593. The number of nitrogens with one attached hydrogen (secondary N) is 2. The van der Waals surface area contributed by atoms with Gasteiger partial charge in [-0.15, -0.1) is 0 Å². The van der Waals surface area contributed by atoms with Crippen LogP contribution >= 0.6 is 0 Å². The van der Waals surface area contributed by atoms with Crippen LogP contribution < -0.4 is 10.6 Å². The third-order valence-electron chi connectivity index (χ3n) is 3.04. The molecule has 2 aromatic rings. The zero-order chi connectivity index (χ0) is 15.2. The highest BCUT2D eigenvalue weighted by Gasteiger charge is 2.12. The molecule has 1 aromatic carbocycles. The molecule has 0 fully saturated rings. The fraction of sp³-hybridized carbons (Fsp3) is 0.333. The summed E-state index contributed by atoms with van der Waals surface area (Å²) in [5, 5.41) is 6.16. The topological polar surface area (TPSA) is 59.1 Å². The van der Waals surface area contributed by atoms with Crippen molar-refractivity contribution in [2.24, 2.45) is 0 Å². The zero-order valence-corrected chi connectivity index (χ0v) is 12.4. The van der Waals surface area contributed by atoms with Crippen LogP contribution in [0.2, 0.25) is 0 Å². The summed E-state index contributed by atoms with van der Waals surface area (Å²) in [6, 6.07) is 8.25. The Morgan fingerprint density at radius 2 is 1.95 bits per heavy atom. The lowest BCUT2D eigenvalue weighted by atomic mass is 10.1. The third-order valence-corrected chi connectivity index (χ3v) is 3.04. The Morgan fingerprint density at radius 1 is 1.24 bits per heavy atom. The van der Waals surface area contributed by atoms with E-state index in [4.69, 9.17) is 4.74 Å². The summed E-state index contributed by atoms with van der Waals surface area (Å²) in [4.78, 5) is 8.63. The first-order valence-electron chi connectivity index (χ1n) is 6.69. The normalized spacial score (nSPS) is 12.0. The fourth-order valence-corrected chi connectivity index (χ4v) is 2.02. The molecule has 1 heterocycles. The largest absolute Gasteiger partial charge is 0.377 e. The van der Waals surface area contributed by atoms with Gasteiger partial charge in [0.15, 0.2) is 5.82 Å². The Hall–Kier alpha value is -2.21. The van der Waals surface area contributed by atoms with Gasteiger partial charge in [0.2, 0.25) is 0 Å². The molecule has 1 aromatic heterocycles. The van der Waals surface area contributed by atoms with Gasteiger partial charge in [0, 0.05) is 25.8 Å². The van der Waals surface area contributed by atoms with E-state index in [1.807, 2.05) is 13.0 Å².